The van der Waals surface area contributed by atoms with E-state index in [9.17, 15) is 19.7 Å². The van der Waals surface area contributed by atoms with Crippen LogP contribution in [0.4, 0.5) is 5.69 Å². The molecule has 0 bridgehead atoms. The second kappa shape index (κ2) is 5.30. The number of hydrogen-bond acceptors (Lipinski definition) is 4. The van der Waals surface area contributed by atoms with Crippen LogP contribution >= 0.6 is 0 Å². The molecule has 0 saturated carbocycles. The van der Waals surface area contributed by atoms with Crippen molar-refractivity contribution >= 4 is 17.4 Å². The lowest BCUT2D eigenvalue weighted by Crippen LogP contribution is -2.40. The lowest BCUT2D eigenvalue weighted by atomic mass is 9.70. The number of nitro benzene ring substituents is 1. The number of nitrogens with one attached hydrogen (secondary N) is 1. The molecule has 1 atom stereocenters. The molecule has 0 aromatic heterocycles. The number of amides is 1. The van der Waals surface area contributed by atoms with Crippen molar-refractivity contribution in [1.29, 1.82) is 0 Å². The second-order valence-corrected chi connectivity index (χ2v) is 6.99. The second-order valence-electron chi connectivity index (χ2n) is 6.99. The van der Waals surface area contributed by atoms with Crippen molar-refractivity contribution in [1.82, 2.24) is 5.32 Å². The van der Waals surface area contributed by atoms with E-state index >= 15 is 0 Å². The zero-order chi connectivity index (χ0) is 16.8. The Morgan fingerprint density at radius 3 is 2.43 bits per heavy atom. The molecule has 1 aliphatic heterocycles. The van der Waals surface area contributed by atoms with E-state index in [2.05, 4.69) is 5.32 Å². The van der Waals surface area contributed by atoms with Crippen LogP contribution in [0, 0.1) is 15.5 Å². The van der Waals surface area contributed by atoms with Gasteiger partial charge in [-0.05, 0) is 17.4 Å². The summed E-state index contributed by atoms with van der Waals surface area (Å²) in [5.74, 6) is -0.375. The minimum atomic E-state index is -0.462. The quantitative estimate of drug-likeness (QED) is 0.671. The zero-order valence-electron chi connectivity index (χ0n) is 13.1. The van der Waals surface area contributed by atoms with Gasteiger partial charge >= 0.3 is 0 Å². The van der Waals surface area contributed by atoms with Crippen LogP contribution < -0.4 is 5.32 Å². The Labute approximate surface area is 133 Å². The highest BCUT2D eigenvalue weighted by atomic mass is 16.6. The number of non-ortho nitro benzene ring substituents is 1. The first kappa shape index (κ1) is 15.4. The highest BCUT2D eigenvalue weighted by Gasteiger charge is 2.40. The Morgan fingerprint density at radius 2 is 1.83 bits per heavy atom. The first-order valence-electron chi connectivity index (χ1n) is 7.57. The maximum atomic E-state index is 12.6. The lowest BCUT2D eigenvalue weighted by Gasteiger charge is -2.37. The SMILES string of the molecule is CC1(C)CC(=O)C2=C(C1)NC(=O)CC2c1ccc([N+](=O)[O-])cc1. The van der Waals surface area contributed by atoms with Gasteiger partial charge in [-0.2, -0.15) is 0 Å². The van der Waals surface area contributed by atoms with Crippen LogP contribution in [0.3, 0.4) is 0 Å². The predicted octanol–water partition coefficient (Wildman–Crippen LogP) is 2.84. The molecule has 23 heavy (non-hydrogen) atoms. The van der Waals surface area contributed by atoms with Crippen molar-refractivity contribution in [2.24, 2.45) is 5.41 Å². The number of Topliss-reactive ketones (excluding diaryl/α,β-unsaturated/α-hetero) is 1. The first-order chi connectivity index (χ1) is 10.8. The molecule has 0 spiro atoms. The molecule has 1 aromatic carbocycles. The molecule has 0 radical (unpaired) electrons. The normalized spacial score (nSPS) is 23.3. The van der Waals surface area contributed by atoms with E-state index in [4.69, 9.17) is 0 Å². The number of carbonyl (C=O) groups excluding carboxylic acids is 2. The summed E-state index contributed by atoms with van der Waals surface area (Å²) in [6.07, 6.45) is 1.30. The summed E-state index contributed by atoms with van der Waals surface area (Å²) < 4.78 is 0. The molecule has 120 valence electrons. The Balaban J connectivity index is 2.02. The number of nitro groups is 1. The van der Waals surface area contributed by atoms with Crippen molar-refractivity contribution in [3.8, 4) is 0 Å². The number of carbonyl (C=O) groups is 2. The molecule has 0 fully saturated rings. The van der Waals surface area contributed by atoms with E-state index in [1.54, 1.807) is 12.1 Å². The van der Waals surface area contributed by atoms with Crippen molar-refractivity contribution in [2.75, 3.05) is 0 Å². The summed E-state index contributed by atoms with van der Waals surface area (Å²) in [6, 6.07) is 6.11. The van der Waals surface area contributed by atoms with Crippen LogP contribution in [0.2, 0.25) is 0 Å². The fraction of sp³-hybridized carbons (Fsp3) is 0.412. The van der Waals surface area contributed by atoms with E-state index < -0.39 is 4.92 Å². The molecular formula is C17H18N2O4. The molecular weight excluding hydrogens is 296 g/mol. The van der Waals surface area contributed by atoms with Gasteiger partial charge in [0.1, 0.15) is 0 Å². The molecule has 3 rings (SSSR count). The van der Waals surface area contributed by atoms with E-state index in [-0.39, 0.29) is 35.1 Å². The molecule has 2 aliphatic rings. The van der Waals surface area contributed by atoms with Crippen molar-refractivity contribution in [3.05, 3.63) is 51.2 Å². The highest BCUT2D eigenvalue weighted by Crippen LogP contribution is 2.43. The van der Waals surface area contributed by atoms with Crippen molar-refractivity contribution in [2.45, 2.75) is 39.0 Å². The summed E-state index contributed by atoms with van der Waals surface area (Å²) in [7, 11) is 0. The summed E-state index contributed by atoms with van der Waals surface area (Å²) >= 11 is 0. The van der Waals surface area contributed by atoms with Gasteiger partial charge in [-0.3, -0.25) is 19.7 Å². The van der Waals surface area contributed by atoms with Gasteiger partial charge in [-0.25, -0.2) is 0 Å². The van der Waals surface area contributed by atoms with Gasteiger partial charge < -0.3 is 5.32 Å². The molecule has 1 aromatic rings. The Kier molecular flexibility index (Phi) is 3.55. The average molecular weight is 314 g/mol. The fourth-order valence-electron chi connectivity index (χ4n) is 3.47. The highest BCUT2D eigenvalue weighted by molar-refractivity contribution is 6.02. The van der Waals surface area contributed by atoms with Crippen LogP contribution in [0.25, 0.3) is 0 Å². The topological polar surface area (TPSA) is 89.3 Å². The fourth-order valence-corrected chi connectivity index (χ4v) is 3.47. The molecule has 1 N–H and O–H groups in total. The van der Waals surface area contributed by atoms with E-state index in [0.29, 0.717) is 24.1 Å². The first-order valence-corrected chi connectivity index (χ1v) is 7.57. The van der Waals surface area contributed by atoms with Gasteiger partial charge in [0.25, 0.3) is 5.69 Å². The Hall–Kier alpha value is -2.50. The maximum Gasteiger partial charge on any atom is 0.269 e. The van der Waals surface area contributed by atoms with Gasteiger partial charge in [0.2, 0.25) is 5.91 Å². The van der Waals surface area contributed by atoms with E-state index in [1.807, 2.05) is 13.8 Å². The number of ketones is 1. The number of allylic oxidation sites excluding steroid dienone is 2. The third kappa shape index (κ3) is 2.88. The van der Waals surface area contributed by atoms with Crippen LogP contribution in [0.15, 0.2) is 35.5 Å². The smallest absolute Gasteiger partial charge is 0.269 e. The molecule has 6 heteroatoms. The van der Waals surface area contributed by atoms with E-state index in [0.717, 1.165) is 5.56 Å². The number of hydrogen-bond donors (Lipinski definition) is 1. The summed E-state index contributed by atoms with van der Waals surface area (Å²) in [5, 5.41) is 13.6. The maximum absolute atomic E-state index is 12.6. The Bertz CT molecular complexity index is 731. The van der Waals surface area contributed by atoms with Gasteiger partial charge in [-0.1, -0.05) is 26.0 Å². The number of rotatable bonds is 2. The molecule has 1 amide bonds. The van der Waals surface area contributed by atoms with Gasteiger partial charge in [0, 0.05) is 42.2 Å². The largest absolute Gasteiger partial charge is 0.329 e. The van der Waals surface area contributed by atoms with E-state index in [1.165, 1.54) is 12.1 Å². The molecule has 1 unspecified atom stereocenters. The van der Waals surface area contributed by atoms with Crippen molar-refractivity contribution < 1.29 is 14.5 Å². The molecule has 1 aliphatic carbocycles. The lowest BCUT2D eigenvalue weighted by molar-refractivity contribution is -0.384. The summed E-state index contributed by atoms with van der Waals surface area (Å²) in [4.78, 5) is 34.9. The van der Waals surface area contributed by atoms with Gasteiger partial charge in [-0.15, -0.1) is 0 Å². The van der Waals surface area contributed by atoms with Crippen LogP contribution in [0.1, 0.15) is 44.6 Å². The van der Waals surface area contributed by atoms with Crippen molar-refractivity contribution in [3.63, 3.8) is 0 Å². The summed E-state index contributed by atoms with van der Waals surface area (Å²) in [6.45, 7) is 4.02. The molecule has 6 nitrogen and oxygen atoms in total. The van der Waals surface area contributed by atoms with Crippen LogP contribution in [0.5, 0.6) is 0 Å². The third-order valence-electron chi connectivity index (χ3n) is 4.45. The minimum Gasteiger partial charge on any atom is -0.329 e. The average Bonchev–Trinajstić information content (AvgIpc) is 2.44. The number of nitrogens with zero attached hydrogens (tertiary/aromatic N) is 1. The minimum absolute atomic E-state index is 0.000631. The summed E-state index contributed by atoms with van der Waals surface area (Å²) in [5.41, 5.74) is 1.98. The third-order valence-corrected chi connectivity index (χ3v) is 4.45. The number of benzene rings is 1. The standard InChI is InChI=1S/C17H18N2O4/c1-17(2)8-13-16(14(20)9-17)12(7-15(21)18-13)10-3-5-11(6-4-10)19(22)23/h3-6,12H,7-9H2,1-2H3,(H,18,21). The Morgan fingerprint density at radius 1 is 1.17 bits per heavy atom. The van der Waals surface area contributed by atoms with Gasteiger partial charge in [0.05, 0.1) is 4.92 Å². The molecule has 0 saturated heterocycles. The van der Waals surface area contributed by atoms with Gasteiger partial charge in [0.15, 0.2) is 5.78 Å². The zero-order valence-corrected chi connectivity index (χ0v) is 13.1. The van der Waals surface area contributed by atoms with Crippen LogP contribution in [-0.4, -0.2) is 16.6 Å². The monoisotopic (exact) mass is 314 g/mol. The molecule has 1 heterocycles. The predicted molar refractivity (Wildman–Crippen MR) is 83.6 cm³/mol. The van der Waals surface area contributed by atoms with Crippen LogP contribution in [-0.2, 0) is 9.59 Å².